The molecule has 0 atom stereocenters. The molecule has 8 heteroatoms. The minimum absolute atomic E-state index is 0.441. The van der Waals surface area contributed by atoms with Crippen LogP contribution in [0, 0.1) is 13.8 Å². The van der Waals surface area contributed by atoms with Crippen molar-refractivity contribution in [2.75, 3.05) is 0 Å². The Morgan fingerprint density at radius 3 is 3.08 bits per heavy atom. The number of aryl methyl sites for hydroxylation is 1. The van der Waals surface area contributed by atoms with Gasteiger partial charge in [-0.1, -0.05) is 0 Å². The number of thiazole rings is 1. The van der Waals surface area contributed by atoms with Crippen LogP contribution < -0.4 is 10.7 Å². The number of nitrogens with one attached hydrogen (secondary N) is 2. The molecule has 0 bridgehead atoms. The van der Waals surface area contributed by atoms with Gasteiger partial charge in [-0.15, -0.1) is 11.3 Å². The van der Waals surface area contributed by atoms with Crippen LogP contribution in [0.2, 0.25) is 0 Å². The second kappa shape index (κ2) is 7.41. The topological polar surface area (TPSA) is 67.4 Å². The average molecular weight is 359 g/mol. The van der Waals surface area contributed by atoms with Crippen LogP contribution in [0.15, 0.2) is 45.6 Å². The van der Waals surface area contributed by atoms with Crippen molar-refractivity contribution in [2.24, 2.45) is 5.10 Å². The molecule has 0 saturated carbocycles. The van der Waals surface area contributed by atoms with E-state index >= 15 is 0 Å². The van der Waals surface area contributed by atoms with Crippen molar-refractivity contribution in [2.45, 2.75) is 20.4 Å². The van der Waals surface area contributed by atoms with Crippen LogP contribution in [0.5, 0.6) is 0 Å². The fourth-order valence-electron chi connectivity index (χ4n) is 2.32. The minimum atomic E-state index is 0.441. The first-order valence-electron chi connectivity index (χ1n) is 7.33. The fourth-order valence-corrected chi connectivity index (χ4v) is 3.20. The van der Waals surface area contributed by atoms with Gasteiger partial charge in [0.2, 0.25) is 0 Å². The standard InChI is InChI=1S/C16H17N5OS2/c1-11-8-13(12(2)21(11)16-17-5-7-24-16)9-19-20-15(23)18-10-14-4-3-6-22-14/h3-9H,10H2,1-2H3,(H2,18,20,23)/b19-9-. The predicted octanol–water partition coefficient (Wildman–Crippen LogP) is 3.14. The van der Waals surface area contributed by atoms with Gasteiger partial charge in [-0.25, -0.2) is 4.98 Å². The Hall–Kier alpha value is -2.45. The van der Waals surface area contributed by atoms with E-state index in [1.807, 2.05) is 24.4 Å². The SMILES string of the molecule is Cc1cc(/C=N\NC(=S)NCc2ccco2)c(C)n1-c1nccs1. The smallest absolute Gasteiger partial charge is 0.193 e. The number of hydrogen-bond donors (Lipinski definition) is 2. The normalized spacial score (nSPS) is 11.1. The molecule has 3 rings (SSSR count). The van der Waals surface area contributed by atoms with Gasteiger partial charge in [-0.2, -0.15) is 5.10 Å². The molecule has 3 aromatic heterocycles. The van der Waals surface area contributed by atoms with E-state index in [1.165, 1.54) is 0 Å². The largest absolute Gasteiger partial charge is 0.467 e. The molecule has 6 nitrogen and oxygen atoms in total. The minimum Gasteiger partial charge on any atom is -0.467 e. The molecule has 0 aliphatic carbocycles. The molecule has 2 N–H and O–H groups in total. The Labute approximate surface area is 149 Å². The number of furan rings is 1. The molecule has 0 spiro atoms. The molecule has 0 aliphatic heterocycles. The second-order valence-electron chi connectivity index (χ2n) is 5.11. The maximum absolute atomic E-state index is 5.23. The van der Waals surface area contributed by atoms with Crippen LogP contribution in [0.4, 0.5) is 0 Å². The van der Waals surface area contributed by atoms with Gasteiger partial charge in [0.15, 0.2) is 10.2 Å². The Bertz CT molecular complexity index is 834. The fraction of sp³-hybridized carbons (Fsp3) is 0.188. The van der Waals surface area contributed by atoms with Gasteiger partial charge in [0.05, 0.1) is 19.0 Å². The Morgan fingerprint density at radius 2 is 2.38 bits per heavy atom. The summed E-state index contributed by atoms with van der Waals surface area (Å²) in [6, 6.07) is 5.79. The highest BCUT2D eigenvalue weighted by molar-refractivity contribution is 7.80. The number of thiocarbonyl (C=S) groups is 1. The Kier molecular flexibility index (Phi) is 5.07. The summed E-state index contributed by atoms with van der Waals surface area (Å²) in [5, 5.41) is 10.6. The van der Waals surface area contributed by atoms with E-state index in [2.05, 4.69) is 38.4 Å². The highest BCUT2D eigenvalue weighted by Gasteiger charge is 2.10. The van der Waals surface area contributed by atoms with Crippen LogP contribution in [0.1, 0.15) is 22.7 Å². The van der Waals surface area contributed by atoms with Gasteiger partial charge in [0, 0.05) is 28.5 Å². The van der Waals surface area contributed by atoms with Gasteiger partial charge in [0.25, 0.3) is 0 Å². The van der Waals surface area contributed by atoms with E-state index < -0.39 is 0 Å². The van der Waals surface area contributed by atoms with Crippen LogP contribution in [0.3, 0.4) is 0 Å². The summed E-state index contributed by atoms with van der Waals surface area (Å²) in [4.78, 5) is 4.36. The van der Waals surface area contributed by atoms with Crippen LogP contribution in [0.25, 0.3) is 5.13 Å². The highest BCUT2D eigenvalue weighted by atomic mass is 32.1. The van der Waals surface area contributed by atoms with Gasteiger partial charge in [0.1, 0.15) is 5.76 Å². The summed E-state index contributed by atoms with van der Waals surface area (Å²) in [5.74, 6) is 0.815. The number of nitrogens with zero attached hydrogens (tertiary/aromatic N) is 3. The average Bonchev–Trinajstić information content (AvgIpc) is 3.28. The molecule has 0 saturated heterocycles. The van der Waals surface area contributed by atoms with Crippen molar-refractivity contribution in [3.05, 3.63) is 58.8 Å². The van der Waals surface area contributed by atoms with E-state index in [-0.39, 0.29) is 0 Å². The summed E-state index contributed by atoms with van der Waals surface area (Å²) in [5.41, 5.74) is 6.03. The molecule has 124 valence electrons. The molecule has 0 unspecified atom stereocenters. The third-order valence-corrected chi connectivity index (χ3v) is 4.45. The summed E-state index contributed by atoms with van der Waals surface area (Å²) >= 11 is 6.78. The monoisotopic (exact) mass is 359 g/mol. The molecule has 0 amide bonds. The van der Waals surface area contributed by atoms with E-state index in [9.17, 15) is 0 Å². The van der Waals surface area contributed by atoms with Gasteiger partial charge in [-0.3, -0.25) is 9.99 Å². The molecular formula is C16H17N5OS2. The van der Waals surface area contributed by atoms with Crippen molar-refractivity contribution in [1.82, 2.24) is 20.3 Å². The van der Waals surface area contributed by atoms with Crippen molar-refractivity contribution in [1.29, 1.82) is 0 Å². The summed E-state index contributed by atoms with van der Waals surface area (Å²) < 4.78 is 7.34. The lowest BCUT2D eigenvalue weighted by Crippen LogP contribution is -2.31. The Balaban J connectivity index is 1.60. The summed E-state index contributed by atoms with van der Waals surface area (Å²) in [7, 11) is 0. The maximum Gasteiger partial charge on any atom is 0.193 e. The first-order chi connectivity index (χ1) is 11.6. The van der Waals surface area contributed by atoms with Crippen LogP contribution in [-0.4, -0.2) is 20.9 Å². The molecular weight excluding hydrogens is 342 g/mol. The lowest BCUT2D eigenvalue weighted by molar-refractivity contribution is 0.502. The number of hydrogen-bond acceptors (Lipinski definition) is 5. The predicted molar refractivity (Wildman–Crippen MR) is 99.8 cm³/mol. The van der Waals surface area contributed by atoms with Crippen LogP contribution >= 0.6 is 23.6 Å². The Morgan fingerprint density at radius 1 is 1.50 bits per heavy atom. The molecule has 0 radical (unpaired) electrons. The zero-order valence-corrected chi connectivity index (χ0v) is 14.9. The zero-order chi connectivity index (χ0) is 16.9. The van der Waals surface area contributed by atoms with Crippen molar-refractivity contribution in [3.8, 4) is 5.13 Å². The van der Waals surface area contributed by atoms with Crippen molar-refractivity contribution >= 4 is 34.9 Å². The highest BCUT2D eigenvalue weighted by Crippen LogP contribution is 2.21. The van der Waals surface area contributed by atoms with Gasteiger partial charge < -0.3 is 9.73 Å². The lowest BCUT2D eigenvalue weighted by atomic mass is 10.3. The van der Waals surface area contributed by atoms with Gasteiger partial charge in [-0.05, 0) is 44.3 Å². The lowest BCUT2D eigenvalue weighted by Gasteiger charge is -2.05. The van der Waals surface area contributed by atoms with Gasteiger partial charge >= 0.3 is 0 Å². The van der Waals surface area contributed by atoms with E-state index in [1.54, 1.807) is 30.0 Å². The zero-order valence-electron chi connectivity index (χ0n) is 13.3. The molecule has 0 aromatic carbocycles. The second-order valence-corrected chi connectivity index (χ2v) is 6.39. The number of rotatable bonds is 5. The summed E-state index contributed by atoms with van der Waals surface area (Å²) in [6.45, 7) is 4.62. The molecule has 0 fully saturated rings. The third kappa shape index (κ3) is 3.72. The van der Waals surface area contributed by atoms with E-state index in [0.717, 1.165) is 27.8 Å². The molecule has 3 heterocycles. The molecule has 24 heavy (non-hydrogen) atoms. The number of aromatic nitrogens is 2. The molecule has 0 aliphatic rings. The molecule has 3 aromatic rings. The number of hydrazone groups is 1. The maximum atomic E-state index is 5.23. The van der Waals surface area contributed by atoms with Crippen molar-refractivity contribution in [3.63, 3.8) is 0 Å². The first kappa shape index (κ1) is 16.4. The van der Waals surface area contributed by atoms with Crippen molar-refractivity contribution < 1.29 is 4.42 Å². The quantitative estimate of drug-likeness (QED) is 0.416. The third-order valence-electron chi connectivity index (χ3n) is 3.45. The van der Waals surface area contributed by atoms with E-state index in [0.29, 0.717) is 11.7 Å². The van der Waals surface area contributed by atoms with Crippen LogP contribution in [-0.2, 0) is 6.54 Å². The summed E-state index contributed by atoms with van der Waals surface area (Å²) in [6.07, 6.45) is 5.19. The van der Waals surface area contributed by atoms with E-state index in [4.69, 9.17) is 16.6 Å². The first-order valence-corrected chi connectivity index (χ1v) is 8.62.